The molecule has 0 heterocycles. The Kier molecular flexibility index (Phi) is 4.42. The molecule has 3 N–H and O–H groups in total. The molecule has 6 heteroatoms. The minimum absolute atomic E-state index is 0.198. The Labute approximate surface area is 104 Å². The highest BCUT2D eigenvalue weighted by atomic mass is 16.4. The highest BCUT2D eigenvalue weighted by Crippen LogP contribution is 2.21. The van der Waals surface area contributed by atoms with Crippen molar-refractivity contribution in [3.05, 3.63) is 23.8 Å². The smallest absolute Gasteiger partial charge is 0.307 e. The first-order valence-corrected chi connectivity index (χ1v) is 5.28. The number of carboxylic acids is 1. The van der Waals surface area contributed by atoms with Crippen LogP contribution in [0.5, 0.6) is 0 Å². The van der Waals surface area contributed by atoms with Crippen molar-refractivity contribution in [1.29, 1.82) is 0 Å². The third-order valence-corrected chi connectivity index (χ3v) is 2.08. The molecule has 1 aromatic rings. The van der Waals surface area contributed by atoms with Gasteiger partial charge < -0.3 is 15.7 Å². The van der Waals surface area contributed by atoms with E-state index >= 15 is 0 Å². The van der Waals surface area contributed by atoms with E-state index in [-0.39, 0.29) is 18.2 Å². The van der Waals surface area contributed by atoms with Gasteiger partial charge in [0.15, 0.2) is 0 Å². The Bertz CT molecular complexity index is 497. The van der Waals surface area contributed by atoms with Gasteiger partial charge in [0.25, 0.3) is 0 Å². The largest absolute Gasteiger partial charge is 0.481 e. The summed E-state index contributed by atoms with van der Waals surface area (Å²) in [5, 5.41) is 13.9. The molecule has 18 heavy (non-hydrogen) atoms. The van der Waals surface area contributed by atoms with E-state index in [9.17, 15) is 14.4 Å². The van der Waals surface area contributed by atoms with Crippen LogP contribution in [0.15, 0.2) is 18.2 Å². The molecule has 0 unspecified atom stereocenters. The van der Waals surface area contributed by atoms with Crippen LogP contribution < -0.4 is 10.6 Å². The number of carbonyl (C=O) groups is 3. The summed E-state index contributed by atoms with van der Waals surface area (Å²) in [5.41, 5.74) is 1.36. The molecule has 6 nitrogen and oxygen atoms in total. The molecule has 1 rings (SSSR count). The van der Waals surface area contributed by atoms with E-state index in [2.05, 4.69) is 10.6 Å². The number of rotatable bonds is 4. The quantitative estimate of drug-likeness (QED) is 0.748. The number of amides is 2. The van der Waals surface area contributed by atoms with Gasteiger partial charge in [-0.2, -0.15) is 0 Å². The molecular weight excluding hydrogens is 236 g/mol. The molecule has 2 amide bonds. The van der Waals surface area contributed by atoms with Crippen molar-refractivity contribution in [3.63, 3.8) is 0 Å². The molecule has 0 fully saturated rings. The van der Waals surface area contributed by atoms with E-state index in [1.807, 2.05) is 0 Å². The summed E-state index contributed by atoms with van der Waals surface area (Å²) in [7, 11) is 0. The van der Waals surface area contributed by atoms with Gasteiger partial charge in [-0.05, 0) is 17.7 Å². The van der Waals surface area contributed by atoms with Crippen molar-refractivity contribution in [2.24, 2.45) is 0 Å². The van der Waals surface area contributed by atoms with Crippen molar-refractivity contribution in [2.45, 2.75) is 20.3 Å². The minimum Gasteiger partial charge on any atom is -0.481 e. The van der Waals surface area contributed by atoms with Gasteiger partial charge in [0.1, 0.15) is 0 Å². The molecule has 0 aliphatic rings. The third-order valence-electron chi connectivity index (χ3n) is 2.08. The number of anilines is 2. The Morgan fingerprint density at radius 3 is 2.22 bits per heavy atom. The topological polar surface area (TPSA) is 95.5 Å². The van der Waals surface area contributed by atoms with Crippen LogP contribution in [0, 0.1) is 0 Å². The van der Waals surface area contributed by atoms with Crippen LogP contribution in [-0.2, 0) is 20.8 Å². The molecular formula is C12H14N2O4. The normalized spacial score (nSPS) is 9.67. The number of aliphatic carboxylic acids is 1. The van der Waals surface area contributed by atoms with E-state index in [0.717, 1.165) is 0 Å². The van der Waals surface area contributed by atoms with Gasteiger partial charge in [0.05, 0.1) is 6.42 Å². The molecule has 0 aliphatic carbocycles. The summed E-state index contributed by atoms with van der Waals surface area (Å²) in [6, 6.07) is 4.68. The van der Waals surface area contributed by atoms with Gasteiger partial charge in [0, 0.05) is 25.2 Å². The van der Waals surface area contributed by atoms with Crippen LogP contribution in [0.3, 0.4) is 0 Å². The predicted molar refractivity (Wildman–Crippen MR) is 66.4 cm³/mol. The summed E-state index contributed by atoms with van der Waals surface area (Å²) in [4.78, 5) is 32.6. The lowest BCUT2D eigenvalue weighted by atomic mass is 10.1. The molecule has 0 aromatic heterocycles. The van der Waals surface area contributed by atoms with Crippen LogP contribution in [0.1, 0.15) is 19.4 Å². The Morgan fingerprint density at radius 1 is 1.11 bits per heavy atom. The lowest BCUT2D eigenvalue weighted by molar-refractivity contribution is -0.136. The fourth-order valence-electron chi connectivity index (χ4n) is 1.48. The van der Waals surface area contributed by atoms with Crippen molar-refractivity contribution < 1.29 is 19.5 Å². The molecule has 96 valence electrons. The zero-order valence-electron chi connectivity index (χ0n) is 10.1. The standard InChI is InChI=1S/C12H14N2O4/c1-7(15)13-10-4-3-9(5-12(17)18)11(6-10)14-8(2)16/h3-4,6H,5H2,1-2H3,(H,13,15)(H,14,16)(H,17,18). The zero-order chi connectivity index (χ0) is 13.7. The summed E-state index contributed by atoms with van der Waals surface area (Å²) >= 11 is 0. The van der Waals surface area contributed by atoms with E-state index in [1.165, 1.54) is 19.9 Å². The first kappa shape index (κ1) is 13.7. The van der Waals surface area contributed by atoms with Gasteiger partial charge >= 0.3 is 5.97 Å². The zero-order valence-corrected chi connectivity index (χ0v) is 10.1. The minimum atomic E-state index is -0.992. The maximum atomic E-state index is 11.0. The number of carboxylic acid groups (broad SMARTS) is 1. The monoisotopic (exact) mass is 250 g/mol. The first-order chi connectivity index (χ1) is 8.38. The van der Waals surface area contributed by atoms with Crippen LogP contribution >= 0.6 is 0 Å². The van der Waals surface area contributed by atoms with Crippen molar-refractivity contribution >= 4 is 29.2 Å². The van der Waals surface area contributed by atoms with Gasteiger partial charge in [-0.3, -0.25) is 14.4 Å². The second-order valence-electron chi connectivity index (χ2n) is 3.80. The number of nitrogens with one attached hydrogen (secondary N) is 2. The maximum Gasteiger partial charge on any atom is 0.307 e. The van der Waals surface area contributed by atoms with E-state index in [0.29, 0.717) is 16.9 Å². The predicted octanol–water partition coefficient (Wildman–Crippen LogP) is 1.23. The fourth-order valence-corrected chi connectivity index (χ4v) is 1.48. The fraction of sp³-hybridized carbons (Fsp3) is 0.250. The molecule has 0 saturated carbocycles. The lowest BCUT2D eigenvalue weighted by Crippen LogP contribution is -2.12. The van der Waals surface area contributed by atoms with Crippen LogP contribution in [0.25, 0.3) is 0 Å². The maximum absolute atomic E-state index is 11.0. The number of hydrogen-bond donors (Lipinski definition) is 3. The molecule has 0 radical (unpaired) electrons. The molecule has 0 saturated heterocycles. The summed E-state index contributed by atoms with van der Waals surface area (Å²) < 4.78 is 0. The van der Waals surface area contributed by atoms with Crippen LogP contribution in [0.2, 0.25) is 0 Å². The van der Waals surface area contributed by atoms with Gasteiger partial charge in [-0.15, -0.1) is 0 Å². The van der Waals surface area contributed by atoms with E-state index < -0.39 is 5.97 Å². The summed E-state index contributed by atoms with van der Waals surface area (Å²) in [6.45, 7) is 2.69. The lowest BCUT2D eigenvalue weighted by Gasteiger charge is -2.11. The van der Waals surface area contributed by atoms with Crippen molar-refractivity contribution in [1.82, 2.24) is 0 Å². The highest BCUT2D eigenvalue weighted by molar-refractivity contribution is 5.93. The van der Waals surface area contributed by atoms with Gasteiger partial charge in [-0.1, -0.05) is 6.07 Å². The highest BCUT2D eigenvalue weighted by Gasteiger charge is 2.09. The molecule has 0 atom stereocenters. The number of hydrogen-bond acceptors (Lipinski definition) is 3. The second-order valence-corrected chi connectivity index (χ2v) is 3.80. The summed E-state index contributed by atoms with van der Waals surface area (Å²) in [5.74, 6) is -1.54. The molecule has 0 aliphatic heterocycles. The average molecular weight is 250 g/mol. The Morgan fingerprint density at radius 2 is 1.72 bits per heavy atom. The average Bonchev–Trinajstić information content (AvgIpc) is 2.19. The Hall–Kier alpha value is -2.37. The SMILES string of the molecule is CC(=O)Nc1ccc(CC(=O)O)c(NC(C)=O)c1. The molecule has 0 spiro atoms. The van der Waals surface area contributed by atoms with Gasteiger partial charge in [-0.25, -0.2) is 0 Å². The van der Waals surface area contributed by atoms with Crippen molar-refractivity contribution in [3.8, 4) is 0 Å². The van der Waals surface area contributed by atoms with Crippen LogP contribution in [0.4, 0.5) is 11.4 Å². The Balaban J connectivity index is 3.06. The summed E-state index contributed by atoms with van der Waals surface area (Å²) in [6.07, 6.45) is -0.198. The number of carbonyl (C=O) groups excluding carboxylic acids is 2. The third kappa shape index (κ3) is 4.25. The van der Waals surface area contributed by atoms with E-state index in [4.69, 9.17) is 5.11 Å². The van der Waals surface area contributed by atoms with Crippen molar-refractivity contribution in [2.75, 3.05) is 10.6 Å². The van der Waals surface area contributed by atoms with E-state index in [1.54, 1.807) is 12.1 Å². The number of benzene rings is 1. The van der Waals surface area contributed by atoms with Gasteiger partial charge in [0.2, 0.25) is 11.8 Å². The molecule has 0 bridgehead atoms. The molecule has 1 aromatic carbocycles. The first-order valence-electron chi connectivity index (χ1n) is 5.28. The second kappa shape index (κ2) is 5.81. The van der Waals surface area contributed by atoms with Crippen LogP contribution in [-0.4, -0.2) is 22.9 Å².